The Morgan fingerprint density at radius 3 is 2.60 bits per heavy atom. The average molecular weight is 404 g/mol. The lowest BCUT2D eigenvalue weighted by Crippen LogP contribution is -2.09. The maximum Gasteiger partial charge on any atom is 0.374 e. The number of halogens is 1. The molecule has 0 radical (unpaired) electrons. The summed E-state index contributed by atoms with van der Waals surface area (Å²) >= 11 is 3.39. The largest absolute Gasteiger partial charge is 0.460 e. The van der Waals surface area contributed by atoms with Crippen molar-refractivity contribution in [2.75, 3.05) is 6.61 Å². The Labute approximate surface area is 151 Å². The van der Waals surface area contributed by atoms with Gasteiger partial charge < -0.3 is 13.9 Å². The predicted molar refractivity (Wildman–Crippen MR) is 93.2 cm³/mol. The minimum Gasteiger partial charge on any atom is -0.460 e. The van der Waals surface area contributed by atoms with Crippen LogP contribution in [0.3, 0.4) is 0 Å². The number of carbonyl (C=O) groups is 2. The molecule has 0 atom stereocenters. The van der Waals surface area contributed by atoms with Crippen LogP contribution in [-0.2, 0) is 16.1 Å². The highest BCUT2D eigenvalue weighted by Crippen LogP contribution is 2.30. The molecule has 25 heavy (non-hydrogen) atoms. The van der Waals surface area contributed by atoms with Gasteiger partial charge in [-0.15, -0.1) is 0 Å². The maximum atomic E-state index is 12.2. The highest BCUT2D eigenvalue weighted by molar-refractivity contribution is 9.10. The van der Waals surface area contributed by atoms with Crippen molar-refractivity contribution in [2.24, 2.45) is 0 Å². The number of aromatic nitrogens is 1. The molecule has 0 saturated heterocycles. The Morgan fingerprint density at radius 1 is 1.12 bits per heavy atom. The lowest BCUT2D eigenvalue weighted by molar-refractivity contribution is 0.0435. The molecule has 0 fully saturated rings. The van der Waals surface area contributed by atoms with Crippen LogP contribution in [0.25, 0.3) is 11.0 Å². The second kappa shape index (κ2) is 7.48. The fraction of sp³-hybridized carbons (Fsp3) is 0.167. The highest BCUT2D eigenvalue weighted by Gasteiger charge is 2.23. The molecule has 6 nitrogen and oxygen atoms in total. The van der Waals surface area contributed by atoms with E-state index in [2.05, 4.69) is 20.9 Å². The number of nitrogens with zero attached hydrogens (tertiary/aromatic N) is 1. The van der Waals surface area contributed by atoms with E-state index in [1.54, 1.807) is 37.3 Å². The average Bonchev–Trinajstić information content (AvgIpc) is 2.98. The fourth-order valence-electron chi connectivity index (χ4n) is 2.33. The molecule has 1 aromatic carbocycles. The van der Waals surface area contributed by atoms with Gasteiger partial charge in [0, 0.05) is 22.3 Å². The minimum atomic E-state index is -0.593. The van der Waals surface area contributed by atoms with Crippen LogP contribution in [0.15, 0.2) is 51.6 Å². The predicted octanol–water partition coefficient (Wildman–Crippen LogP) is 4.12. The van der Waals surface area contributed by atoms with E-state index in [-0.39, 0.29) is 19.0 Å². The van der Waals surface area contributed by atoms with Crippen LogP contribution in [0, 0.1) is 0 Å². The first kappa shape index (κ1) is 17.2. The number of hydrogen-bond donors (Lipinski definition) is 0. The van der Waals surface area contributed by atoms with Crippen LogP contribution in [-0.4, -0.2) is 23.5 Å². The van der Waals surface area contributed by atoms with Gasteiger partial charge in [0.25, 0.3) is 0 Å². The number of esters is 2. The molecule has 0 saturated carbocycles. The number of hydrogen-bond acceptors (Lipinski definition) is 6. The third-order valence-electron chi connectivity index (χ3n) is 3.48. The topological polar surface area (TPSA) is 78.6 Å². The Hall–Kier alpha value is -2.67. The maximum absolute atomic E-state index is 12.2. The molecule has 0 spiro atoms. The summed E-state index contributed by atoms with van der Waals surface area (Å²) in [5.41, 5.74) is 1.36. The summed E-state index contributed by atoms with van der Waals surface area (Å²) in [4.78, 5) is 28.2. The van der Waals surface area contributed by atoms with Crippen LogP contribution in [0.2, 0.25) is 0 Å². The smallest absolute Gasteiger partial charge is 0.374 e. The van der Waals surface area contributed by atoms with Crippen LogP contribution in [0.4, 0.5) is 0 Å². The second-order valence-electron chi connectivity index (χ2n) is 5.08. The van der Waals surface area contributed by atoms with E-state index in [1.807, 2.05) is 0 Å². The Morgan fingerprint density at radius 2 is 1.88 bits per heavy atom. The van der Waals surface area contributed by atoms with Crippen molar-refractivity contribution in [1.82, 2.24) is 4.98 Å². The lowest BCUT2D eigenvalue weighted by Gasteiger charge is -2.06. The second-order valence-corrected chi connectivity index (χ2v) is 6.00. The van der Waals surface area contributed by atoms with Gasteiger partial charge in [0.15, 0.2) is 0 Å². The molecule has 7 heteroatoms. The first-order chi connectivity index (χ1) is 12.1. The molecule has 3 aromatic rings. The van der Waals surface area contributed by atoms with Gasteiger partial charge in [-0.25, -0.2) is 9.59 Å². The number of rotatable bonds is 5. The quantitative estimate of drug-likeness (QED) is 0.596. The normalized spacial score (nSPS) is 10.6. The third-order valence-corrected chi connectivity index (χ3v) is 3.97. The van der Waals surface area contributed by atoms with E-state index in [0.29, 0.717) is 22.1 Å². The van der Waals surface area contributed by atoms with Crippen molar-refractivity contribution in [1.29, 1.82) is 0 Å². The number of carbonyl (C=O) groups excluding carboxylic acids is 2. The van der Waals surface area contributed by atoms with E-state index in [9.17, 15) is 9.59 Å². The summed E-state index contributed by atoms with van der Waals surface area (Å²) in [5, 5.41) is 0.681. The monoisotopic (exact) mass is 403 g/mol. The van der Waals surface area contributed by atoms with Crippen LogP contribution in [0.5, 0.6) is 0 Å². The molecule has 0 amide bonds. The minimum absolute atomic E-state index is 0.0393. The number of benzene rings is 1. The molecule has 2 heterocycles. The molecule has 3 rings (SSSR count). The van der Waals surface area contributed by atoms with Crippen molar-refractivity contribution in [2.45, 2.75) is 13.5 Å². The van der Waals surface area contributed by atoms with E-state index in [4.69, 9.17) is 13.9 Å². The van der Waals surface area contributed by atoms with E-state index < -0.39 is 11.9 Å². The van der Waals surface area contributed by atoms with Crippen molar-refractivity contribution in [3.8, 4) is 0 Å². The van der Waals surface area contributed by atoms with Crippen molar-refractivity contribution in [3.63, 3.8) is 0 Å². The van der Waals surface area contributed by atoms with Gasteiger partial charge >= 0.3 is 11.9 Å². The Balaban J connectivity index is 1.93. The standard InChI is InChI=1S/C18H14BrNO5/c1-2-23-18(22)16-14(13-9-12(19)3-4-15(13)25-16)10-24-17(21)11-5-7-20-8-6-11/h3-9H,2,10H2,1H3. The van der Waals surface area contributed by atoms with Gasteiger partial charge in [0.2, 0.25) is 5.76 Å². The number of ether oxygens (including phenoxy) is 2. The molecule has 128 valence electrons. The Bertz CT molecular complexity index is 920. The molecule has 0 unspecified atom stereocenters. The molecular weight excluding hydrogens is 390 g/mol. The summed E-state index contributed by atoms with van der Waals surface area (Å²) in [6, 6.07) is 8.44. The zero-order valence-electron chi connectivity index (χ0n) is 13.3. The number of pyridine rings is 1. The van der Waals surface area contributed by atoms with Crippen LogP contribution in [0.1, 0.15) is 33.4 Å². The SMILES string of the molecule is CCOC(=O)c1oc2ccc(Br)cc2c1COC(=O)c1ccncc1. The van der Waals surface area contributed by atoms with Gasteiger partial charge in [0.05, 0.1) is 17.7 Å². The van der Waals surface area contributed by atoms with E-state index in [0.717, 1.165) is 4.47 Å². The first-order valence-corrected chi connectivity index (χ1v) is 8.34. The van der Waals surface area contributed by atoms with Gasteiger partial charge in [0.1, 0.15) is 12.2 Å². The zero-order valence-corrected chi connectivity index (χ0v) is 14.9. The summed E-state index contributed by atoms with van der Waals surface area (Å²) < 4.78 is 16.8. The van der Waals surface area contributed by atoms with E-state index in [1.165, 1.54) is 12.4 Å². The Kier molecular flexibility index (Phi) is 5.14. The molecule has 0 aliphatic rings. The van der Waals surface area contributed by atoms with Gasteiger partial charge in [-0.2, -0.15) is 0 Å². The van der Waals surface area contributed by atoms with Crippen molar-refractivity contribution < 1.29 is 23.5 Å². The summed E-state index contributed by atoms with van der Waals surface area (Å²) in [6.07, 6.45) is 3.01. The first-order valence-electron chi connectivity index (χ1n) is 7.55. The lowest BCUT2D eigenvalue weighted by atomic mass is 10.1. The number of furan rings is 1. The van der Waals surface area contributed by atoms with Crippen molar-refractivity contribution in [3.05, 3.63) is 64.1 Å². The molecule has 0 bridgehead atoms. The van der Waals surface area contributed by atoms with Crippen LogP contribution < -0.4 is 0 Å². The fourth-order valence-corrected chi connectivity index (χ4v) is 2.70. The number of fused-ring (bicyclic) bond motifs is 1. The molecule has 0 aliphatic carbocycles. The molecule has 2 aromatic heterocycles. The van der Waals surface area contributed by atoms with Gasteiger partial charge in [-0.1, -0.05) is 15.9 Å². The highest BCUT2D eigenvalue weighted by atomic mass is 79.9. The molecule has 0 N–H and O–H groups in total. The zero-order chi connectivity index (χ0) is 17.8. The summed E-state index contributed by atoms with van der Waals surface area (Å²) in [7, 11) is 0. The van der Waals surface area contributed by atoms with Crippen molar-refractivity contribution >= 4 is 38.8 Å². The molecular formula is C18H14BrNO5. The summed E-state index contributed by atoms with van der Waals surface area (Å²) in [6.45, 7) is 1.81. The van der Waals surface area contributed by atoms with E-state index >= 15 is 0 Å². The van der Waals surface area contributed by atoms with Gasteiger partial charge in [-0.3, -0.25) is 4.98 Å². The summed E-state index contributed by atoms with van der Waals surface area (Å²) in [5.74, 6) is -1.07. The van der Waals surface area contributed by atoms with Crippen LogP contribution >= 0.6 is 15.9 Å². The molecule has 0 aliphatic heterocycles. The third kappa shape index (κ3) is 3.71. The van der Waals surface area contributed by atoms with Gasteiger partial charge in [-0.05, 0) is 37.3 Å².